The quantitative estimate of drug-likeness (QED) is 0.892. The number of nitrogens with zero attached hydrogens (tertiary/aromatic N) is 2. The molecule has 1 N–H and O–H groups in total. The molecule has 4 nitrogen and oxygen atoms in total. The SMILES string of the molecule is Cc1ccc(NC(=O)N2CCn3cccc3[C@H]2C(C)C)cc1. The number of hydrogen-bond acceptors (Lipinski definition) is 1. The molecule has 2 heterocycles. The maximum atomic E-state index is 12.7. The van der Waals surface area contributed by atoms with E-state index >= 15 is 0 Å². The summed E-state index contributed by atoms with van der Waals surface area (Å²) in [5, 5.41) is 3.02. The first-order chi connectivity index (χ1) is 10.6. The summed E-state index contributed by atoms with van der Waals surface area (Å²) < 4.78 is 2.25. The second-order valence-corrected chi connectivity index (χ2v) is 6.30. The van der Waals surface area contributed by atoms with E-state index in [2.05, 4.69) is 42.1 Å². The van der Waals surface area contributed by atoms with Gasteiger partial charge in [-0.25, -0.2) is 4.79 Å². The summed E-state index contributed by atoms with van der Waals surface area (Å²) in [7, 11) is 0. The standard InChI is InChI=1S/C18H23N3O/c1-13(2)17-16-5-4-10-20(16)11-12-21(17)18(22)19-15-8-6-14(3)7-9-15/h4-10,13,17H,11-12H2,1-3H3,(H,19,22)/t17-/m1/s1. The zero-order valence-electron chi connectivity index (χ0n) is 13.4. The van der Waals surface area contributed by atoms with Gasteiger partial charge in [-0.15, -0.1) is 0 Å². The predicted molar refractivity (Wildman–Crippen MR) is 88.9 cm³/mol. The van der Waals surface area contributed by atoms with Crippen LogP contribution in [0.3, 0.4) is 0 Å². The Hall–Kier alpha value is -2.23. The van der Waals surface area contributed by atoms with Crippen LogP contribution >= 0.6 is 0 Å². The van der Waals surface area contributed by atoms with Crippen molar-refractivity contribution in [2.75, 3.05) is 11.9 Å². The second-order valence-electron chi connectivity index (χ2n) is 6.30. The van der Waals surface area contributed by atoms with Crippen molar-refractivity contribution < 1.29 is 4.79 Å². The van der Waals surface area contributed by atoms with Crippen LogP contribution in [0.4, 0.5) is 10.5 Å². The summed E-state index contributed by atoms with van der Waals surface area (Å²) >= 11 is 0. The molecule has 1 aliphatic heterocycles. The van der Waals surface area contributed by atoms with E-state index in [1.807, 2.05) is 36.1 Å². The third-order valence-electron chi connectivity index (χ3n) is 4.28. The molecule has 0 radical (unpaired) electrons. The number of benzene rings is 1. The zero-order chi connectivity index (χ0) is 15.7. The minimum Gasteiger partial charge on any atom is -0.348 e. The summed E-state index contributed by atoms with van der Waals surface area (Å²) in [6.07, 6.45) is 2.10. The summed E-state index contributed by atoms with van der Waals surface area (Å²) in [6.45, 7) is 7.97. The average molecular weight is 297 g/mol. The number of rotatable bonds is 2. The van der Waals surface area contributed by atoms with Gasteiger partial charge in [0.25, 0.3) is 0 Å². The Morgan fingerprint density at radius 3 is 2.59 bits per heavy atom. The molecule has 0 aliphatic carbocycles. The Kier molecular flexibility index (Phi) is 3.92. The molecule has 3 rings (SSSR count). The van der Waals surface area contributed by atoms with Crippen molar-refractivity contribution in [1.29, 1.82) is 0 Å². The van der Waals surface area contributed by atoms with E-state index in [0.717, 1.165) is 18.8 Å². The molecule has 0 fully saturated rings. The van der Waals surface area contributed by atoms with Crippen molar-refractivity contribution in [2.24, 2.45) is 5.92 Å². The van der Waals surface area contributed by atoms with E-state index in [1.165, 1.54) is 11.3 Å². The number of urea groups is 1. The van der Waals surface area contributed by atoms with Crippen molar-refractivity contribution in [1.82, 2.24) is 9.47 Å². The molecule has 0 spiro atoms. The number of carbonyl (C=O) groups is 1. The van der Waals surface area contributed by atoms with Crippen LogP contribution in [0.1, 0.15) is 31.1 Å². The minimum absolute atomic E-state index is 0.0185. The molecule has 1 aliphatic rings. The molecule has 1 aromatic heterocycles. The predicted octanol–water partition coefficient (Wildman–Crippen LogP) is 4.04. The van der Waals surface area contributed by atoms with Crippen molar-refractivity contribution >= 4 is 11.7 Å². The number of amides is 2. The van der Waals surface area contributed by atoms with Crippen molar-refractivity contribution in [3.63, 3.8) is 0 Å². The van der Waals surface area contributed by atoms with Crippen LogP contribution in [-0.4, -0.2) is 22.0 Å². The van der Waals surface area contributed by atoms with E-state index in [0.29, 0.717) is 5.92 Å². The number of aromatic nitrogens is 1. The maximum absolute atomic E-state index is 12.7. The number of aryl methyl sites for hydroxylation is 1. The first-order valence-corrected chi connectivity index (χ1v) is 7.85. The Morgan fingerprint density at radius 1 is 1.18 bits per heavy atom. The number of carbonyl (C=O) groups excluding carboxylic acids is 1. The largest absolute Gasteiger partial charge is 0.348 e. The molecule has 4 heteroatoms. The molecule has 0 bridgehead atoms. The summed E-state index contributed by atoms with van der Waals surface area (Å²) in [5.41, 5.74) is 3.26. The Balaban J connectivity index is 1.81. The highest BCUT2D eigenvalue weighted by Crippen LogP contribution is 2.32. The molecule has 0 saturated carbocycles. The van der Waals surface area contributed by atoms with E-state index in [4.69, 9.17) is 0 Å². The number of hydrogen-bond donors (Lipinski definition) is 1. The van der Waals surface area contributed by atoms with E-state index in [9.17, 15) is 4.79 Å². The average Bonchev–Trinajstić information content (AvgIpc) is 2.96. The minimum atomic E-state index is -0.0185. The lowest BCUT2D eigenvalue weighted by Crippen LogP contribution is -2.45. The molecule has 116 valence electrons. The van der Waals surface area contributed by atoms with Gasteiger partial charge in [0.1, 0.15) is 0 Å². The topological polar surface area (TPSA) is 37.3 Å². The summed E-state index contributed by atoms with van der Waals surface area (Å²) in [4.78, 5) is 14.7. The van der Waals surface area contributed by atoms with Gasteiger partial charge in [0, 0.05) is 30.7 Å². The smallest absolute Gasteiger partial charge is 0.322 e. The first-order valence-electron chi connectivity index (χ1n) is 7.85. The molecule has 22 heavy (non-hydrogen) atoms. The Bertz CT molecular complexity index is 657. The number of nitrogens with one attached hydrogen (secondary N) is 1. The molecule has 1 aromatic carbocycles. The van der Waals surface area contributed by atoms with Gasteiger partial charge in [0.05, 0.1) is 6.04 Å². The normalized spacial score (nSPS) is 17.5. The fraction of sp³-hybridized carbons (Fsp3) is 0.389. The molecule has 1 atom stereocenters. The third-order valence-corrected chi connectivity index (χ3v) is 4.28. The fourth-order valence-corrected chi connectivity index (χ4v) is 3.18. The summed E-state index contributed by atoms with van der Waals surface area (Å²) in [5.74, 6) is 0.373. The van der Waals surface area contributed by atoms with Gasteiger partial charge in [-0.3, -0.25) is 0 Å². The van der Waals surface area contributed by atoms with Gasteiger partial charge in [-0.2, -0.15) is 0 Å². The van der Waals surface area contributed by atoms with Crippen LogP contribution in [0.2, 0.25) is 0 Å². The van der Waals surface area contributed by atoms with E-state index < -0.39 is 0 Å². The zero-order valence-corrected chi connectivity index (χ0v) is 13.4. The lowest BCUT2D eigenvalue weighted by Gasteiger charge is -2.39. The molecular weight excluding hydrogens is 274 g/mol. The highest BCUT2D eigenvalue weighted by atomic mass is 16.2. The molecule has 0 saturated heterocycles. The molecule has 2 amide bonds. The molecule has 2 aromatic rings. The van der Waals surface area contributed by atoms with Gasteiger partial charge < -0.3 is 14.8 Å². The maximum Gasteiger partial charge on any atom is 0.322 e. The molecule has 0 unspecified atom stereocenters. The van der Waals surface area contributed by atoms with Crippen LogP contribution < -0.4 is 5.32 Å². The van der Waals surface area contributed by atoms with Gasteiger partial charge >= 0.3 is 6.03 Å². The van der Waals surface area contributed by atoms with Crippen LogP contribution in [0.15, 0.2) is 42.6 Å². The number of fused-ring (bicyclic) bond motifs is 1. The third kappa shape index (κ3) is 2.73. The highest BCUT2D eigenvalue weighted by molar-refractivity contribution is 5.89. The van der Waals surface area contributed by atoms with Crippen LogP contribution in [0, 0.1) is 12.8 Å². The first kappa shape index (κ1) is 14.7. The van der Waals surface area contributed by atoms with Gasteiger partial charge in [0.2, 0.25) is 0 Å². The van der Waals surface area contributed by atoms with Gasteiger partial charge in [-0.05, 0) is 37.1 Å². The van der Waals surface area contributed by atoms with Crippen molar-refractivity contribution in [2.45, 2.75) is 33.4 Å². The number of anilines is 1. The second kappa shape index (κ2) is 5.87. The molecular formula is C18H23N3O. The Morgan fingerprint density at radius 2 is 1.91 bits per heavy atom. The lowest BCUT2D eigenvalue weighted by molar-refractivity contribution is 0.144. The lowest BCUT2D eigenvalue weighted by atomic mass is 9.97. The van der Waals surface area contributed by atoms with E-state index in [-0.39, 0.29) is 12.1 Å². The Labute approximate surface area is 131 Å². The van der Waals surface area contributed by atoms with E-state index in [1.54, 1.807) is 0 Å². The van der Waals surface area contributed by atoms with Crippen LogP contribution in [0.5, 0.6) is 0 Å². The van der Waals surface area contributed by atoms with Gasteiger partial charge in [-0.1, -0.05) is 31.5 Å². The summed E-state index contributed by atoms with van der Waals surface area (Å²) in [6, 6.07) is 12.2. The van der Waals surface area contributed by atoms with Crippen LogP contribution in [-0.2, 0) is 6.54 Å². The highest BCUT2D eigenvalue weighted by Gasteiger charge is 2.32. The van der Waals surface area contributed by atoms with Crippen molar-refractivity contribution in [3.05, 3.63) is 53.9 Å². The van der Waals surface area contributed by atoms with Crippen LogP contribution in [0.25, 0.3) is 0 Å². The monoisotopic (exact) mass is 297 g/mol. The fourth-order valence-electron chi connectivity index (χ4n) is 3.18. The van der Waals surface area contributed by atoms with Gasteiger partial charge in [0.15, 0.2) is 0 Å². The van der Waals surface area contributed by atoms with Crippen molar-refractivity contribution in [3.8, 4) is 0 Å².